The summed E-state index contributed by atoms with van der Waals surface area (Å²) < 4.78 is 4.71. The van der Waals surface area contributed by atoms with Crippen molar-refractivity contribution in [3.8, 4) is 0 Å². The molecule has 5 heteroatoms. The Morgan fingerprint density at radius 3 is 2.95 bits per heavy atom. The van der Waals surface area contributed by atoms with Gasteiger partial charge in [0, 0.05) is 6.42 Å². The van der Waals surface area contributed by atoms with Crippen LogP contribution < -0.4 is 5.32 Å². The number of esters is 1. The van der Waals surface area contributed by atoms with Gasteiger partial charge in [0.05, 0.1) is 12.8 Å². The highest BCUT2D eigenvalue weighted by atomic mass is 32.1. The minimum absolute atomic E-state index is 0.0526. The average Bonchev–Trinajstić information content (AvgIpc) is 3.00. The Morgan fingerprint density at radius 2 is 2.32 bits per heavy atom. The Morgan fingerprint density at radius 1 is 1.53 bits per heavy atom. The lowest BCUT2D eigenvalue weighted by Crippen LogP contribution is -2.17. The fraction of sp³-hybridized carbons (Fsp3) is 0.429. The Labute approximate surface area is 116 Å². The SMILES string of the molecule is COC(=O)c1scc(C)c1NC(=O)CC1C=CCC1. The zero-order chi connectivity index (χ0) is 13.8. The molecule has 1 unspecified atom stereocenters. The van der Waals surface area contributed by atoms with Crippen molar-refractivity contribution >= 4 is 28.9 Å². The molecule has 1 heterocycles. The van der Waals surface area contributed by atoms with E-state index in [-0.39, 0.29) is 5.91 Å². The molecule has 4 nitrogen and oxygen atoms in total. The number of methoxy groups -OCH3 is 1. The zero-order valence-corrected chi connectivity index (χ0v) is 11.9. The van der Waals surface area contributed by atoms with Crippen LogP contribution in [0.4, 0.5) is 5.69 Å². The summed E-state index contributed by atoms with van der Waals surface area (Å²) in [7, 11) is 1.34. The lowest BCUT2D eigenvalue weighted by Gasteiger charge is -2.10. The van der Waals surface area contributed by atoms with Crippen molar-refractivity contribution in [3.05, 3.63) is 28.0 Å². The number of anilines is 1. The molecule has 102 valence electrons. The van der Waals surface area contributed by atoms with Gasteiger partial charge in [-0.3, -0.25) is 4.79 Å². The summed E-state index contributed by atoms with van der Waals surface area (Å²) in [5.74, 6) is -0.141. The van der Waals surface area contributed by atoms with Crippen LogP contribution >= 0.6 is 11.3 Å². The molecule has 0 aromatic carbocycles. The minimum atomic E-state index is -0.408. The molecule has 0 aliphatic heterocycles. The maximum absolute atomic E-state index is 12.0. The van der Waals surface area contributed by atoms with Gasteiger partial charge in [0.1, 0.15) is 4.88 Å². The van der Waals surface area contributed by atoms with Gasteiger partial charge in [-0.25, -0.2) is 4.79 Å². The second-order valence-corrected chi connectivity index (χ2v) is 5.51. The van der Waals surface area contributed by atoms with Gasteiger partial charge in [-0.2, -0.15) is 0 Å². The molecule has 0 fully saturated rings. The van der Waals surface area contributed by atoms with Crippen LogP contribution in [0.3, 0.4) is 0 Å². The van der Waals surface area contributed by atoms with E-state index in [1.54, 1.807) is 0 Å². The van der Waals surface area contributed by atoms with Gasteiger partial charge in [0.25, 0.3) is 0 Å². The monoisotopic (exact) mass is 279 g/mol. The summed E-state index contributed by atoms with van der Waals surface area (Å²) in [5.41, 5.74) is 1.48. The topological polar surface area (TPSA) is 55.4 Å². The van der Waals surface area contributed by atoms with Crippen LogP contribution in [0.5, 0.6) is 0 Å². The fourth-order valence-electron chi connectivity index (χ4n) is 2.14. The van der Waals surface area contributed by atoms with E-state index in [9.17, 15) is 9.59 Å². The molecule has 1 N–H and O–H groups in total. The summed E-state index contributed by atoms with van der Waals surface area (Å²) in [4.78, 5) is 24.0. The average molecular weight is 279 g/mol. The van der Waals surface area contributed by atoms with E-state index < -0.39 is 5.97 Å². The molecule has 2 rings (SSSR count). The van der Waals surface area contributed by atoms with Gasteiger partial charge in [-0.05, 0) is 36.6 Å². The molecular weight excluding hydrogens is 262 g/mol. The van der Waals surface area contributed by atoms with Crippen molar-refractivity contribution in [2.75, 3.05) is 12.4 Å². The van der Waals surface area contributed by atoms with E-state index >= 15 is 0 Å². The van der Waals surface area contributed by atoms with Crippen LogP contribution in [0.2, 0.25) is 0 Å². The maximum Gasteiger partial charge on any atom is 0.350 e. The third-order valence-electron chi connectivity index (χ3n) is 3.17. The Balaban J connectivity index is 2.05. The molecule has 0 spiro atoms. The smallest absolute Gasteiger partial charge is 0.350 e. The molecule has 1 amide bonds. The Bertz CT molecular complexity index is 519. The highest BCUT2D eigenvalue weighted by Crippen LogP contribution is 2.29. The largest absolute Gasteiger partial charge is 0.465 e. The lowest BCUT2D eigenvalue weighted by molar-refractivity contribution is -0.116. The van der Waals surface area contributed by atoms with Crippen LogP contribution in [-0.4, -0.2) is 19.0 Å². The number of hydrogen-bond acceptors (Lipinski definition) is 4. The molecule has 1 aromatic rings. The van der Waals surface area contributed by atoms with Crippen molar-refractivity contribution < 1.29 is 14.3 Å². The Kier molecular flexibility index (Phi) is 4.37. The number of aryl methyl sites for hydroxylation is 1. The molecule has 0 radical (unpaired) electrons. The minimum Gasteiger partial charge on any atom is -0.465 e. The van der Waals surface area contributed by atoms with Crippen molar-refractivity contribution in [2.24, 2.45) is 5.92 Å². The predicted octanol–water partition coefficient (Wildman–Crippen LogP) is 3.14. The van der Waals surface area contributed by atoms with Crippen LogP contribution in [0, 0.1) is 12.8 Å². The van der Waals surface area contributed by atoms with Crippen LogP contribution in [0.25, 0.3) is 0 Å². The van der Waals surface area contributed by atoms with E-state index in [2.05, 4.69) is 17.5 Å². The summed E-state index contributed by atoms with van der Waals surface area (Å²) >= 11 is 1.29. The van der Waals surface area contributed by atoms with Gasteiger partial charge >= 0.3 is 5.97 Å². The number of allylic oxidation sites excluding steroid dienone is 2. The molecule has 19 heavy (non-hydrogen) atoms. The summed E-state index contributed by atoms with van der Waals surface area (Å²) in [6.07, 6.45) is 6.73. The molecule has 1 aromatic heterocycles. The van der Waals surface area contributed by atoms with Gasteiger partial charge in [0.2, 0.25) is 5.91 Å². The van der Waals surface area contributed by atoms with E-state index in [1.165, 1.54) is 18.4 Å². The van der Waals surface area contributed by atoms with Crippen molar-refractivity contribution in [1.82, 2.24) is 0 Å². The number of thiophene rings is 1. The van der Waals surface area contributed by atoms with Crippen LogP contribution in [0.1, 0.15) is 34.5 Å². The molecule has 0 saturated heterocycles. The lowest BCUT2D eigenvalue weighted by atomic mass is 10.0. The number of carbonyl (C=O) groups is 2. The van der Waals surface area contributed by atoms with E-state index in [0.717, 1.165) is 18.4 Å². The van der Waals surface area contributed by atoms with E-state index in [4.69, 9.17) is 4.74 Å². The van der Waals surface area contributed by atoms with E-state index in [0.29, 0.717) is 22.9 Å². The van der Waals surface area contributed by atoms with Gasteiger partial charge in [0.15, 0.2) is 0 Å². The number of rotatable bonds is 4. The maximum atomic E-state index is 12.0. The molecule has 1 atom stereocenters. The normalized spacial score (nSPS) is 17.5. The van der Waals surface area contributed by atoms with Gasteiger partial charge in [-0.15, -0.1) is 11.3 Å². The number of ether oxygens (including phenoxy) is 1. The third-order valence-corrected chi connectivity index (χ3v) is 4.25. The van der Waals surface area contributed by atoms with E-state index in [1.807, 2.05) is 12.3 Å². The summed E-state index contributed by atoms with van der Waals surface area (Å²) in [6, 6.07) is 0. The summed E-state index contributed by atoms with van der Waals surface area (Å²) in [5, 5.41) is 4.68. The molecule has 1 aliphatic rings. The highest BCUT2D eigenvalue weighted by molar-refractivity contribution is 7.12. The second-order valence-electron chi connectivity index (χ2n) is 4.63. The first-order chi connectivity index (χ1) is 9.11. The zero-order valence-electron chi connectivity index (χ0n) is 11.1. The molecule has 0 saturated carbocycles. The Hall–Kier alpha value is -1.62. The highest BCUT2D eigenvalue weighted by Gasteiger charge is 2.20. The first-order valence-corrected chi connectivity index (χ1v) is 7.12. The second kappa shape index (κ2) is 6.02. The van der Waals surface area contributed by atoms with Crippen molar-refractivity contribution in [1.29, 1.82) is 0 Å². The number of nitrogens with one attached hydrogen (secondary N) is 1. The van der Waals surface area contributed by atoms with Crippen molar-refractivity contribution in [3.63, 3.8) is 0 Å². The number of amides is 1. The fourth-order valence-corrected chi connectivity index (χ4v) is 3.06. The summed E-state index contributed by atoms with van der Waals surface area (Å²) in [6.45, 7) is 1.87. The first kappa shape index (κ1) is 13.8. The molecular formula is C14H17NO3S. The van der Waals surface area contributed by atoms with Crippen LogP contribution in [-0.2, 0) is 9.53 Å². The predicted molar refractivity (Wildman–Crippen MR) is 75.5 cm³/mol. The van der Waals surface area contributed by atoms with Gasteiger partial charge < -0.3 is 10.1 Å². The molecule has 0 bridgehead atoms. The number of hydrogen-bond donors (Lipinski definition) is 1. The van der Waals surface area contributed by atoms with Gasteiger partial charge in [-0.1, -0.05) is 12.2 Å². The number of carbonyl (C=O) groups excluding carboxylic acids is 2. The molecule has 1 aliphatic carbocycles. The van der Waals surface area contributed by atoms with Crippen LogP contribution in [0.15, 0.2) is 17.5 Å². The standard InChI is InChI=1S/C14H17NO3S/c1-9-8-19-13(14(17)18-2)12(9)15-11(16)7-10-5-3-4-6-10/h3,5,8,10H,4,6-7H2,1-2H3,(H,15,16). The third kappa shape index (κ3) is 3.23. The quantitative estimate of drug-likeness (QED) is 0.680. The van der Waals surface area contributed by atoms with Crippen molar-refractivity contribution in [2.45, 2.75) is 26.2 Å². The first-order valence-electron chi connectivity index (χ1n) is 6.24.